The van der Waals surface area contributed by atoms with Crippen LogP contribution in [0.3, 0.4) is 0 Å². The van der Waals surface area contributed by atoms with E-state index in [0.29, 0.717) is 6.54 Å². The van der Waals surface area contributed by atoms with E-state index in [2.05, 4.69) is 15.3 Å². The molecule has 1 aromatic heterocycles. The van der Waals surface area contributed by atoms with Crippen molar-refractivity contribution in [2.45, 2.75) is 19.8 Å². The maximum atomic E-state index is 13.6. The Morgan fingerprint density at radius 1 is 1.26 bits per heavy atom. The van der Waals surface area contributed by atoms with Crippen molar-refractivity contribution in [3.05, 3.63) is 47.8 Å². The van der Waals surface area contributed by atoms with Crippen LogP contribution in [-0.2, 0) is 0 Å². The molecule has 0 aliphatic heterocycles. The number of para-hydroxylation sites is 1. The summed E-state index contributed by atoms with van der Waals surface area (Å²) in [6.45, 7) is 2.65. The van der Waals surface area contributed by atoms with Crippen LogP contribution >= 0.6 is 0 Å². The first-order valence-corrected chi connectivity index (χ1v) is 7.32. The molecule has 5 nitrogen and oxygen atoms in total. The minimum absolute atomic E-state index is 0.0382. The highest BCUT2D eigenvalue weighted by Gasteiger charge is 2.15. The van der Waals surface area contributed by atoms with Crippen molar-refractivity contribution in [3.8, 4) is 0 Å². The Morgan fingerprint density at radius 3 is 2.61 bits per heavy atom. The molecule has 0 fully saturated rings. The maximum Gasteiger partial charge on any atom is 0.272 e. The topological polar surface area (TPSA) is 58.1 Å². The average Bonchev–Trinajstić information content (AvgIpc) is 2.55. The van der Waals surface area contributed by atoms with Gasteiger partial charge in [-0.3, -0.25) is 4.79 Å². The number of hydrogen-bond donors (Lipinski definition) is 1. The fourth-order valence-electron chi connectivity index (χ4n) is 1.96. The number of hydrogen-bond acceptors (Lipinski definition) is 4. The average molecular weight is 320 g/mol. The summed E-state index contributed by atoms with van der Waals surface area (Å²) in [7, 11) is 1.68. The SMILES string of the molecule is CCCCN(C)C(=O)c1ccnc(Nc2c(F)cccc2F)n1. The zero-order valence-electron chi connectivity index (χ0n) is 13.0. The van der Waals surface area contributed by atoms with E-state index in [-0.39, 0.29) is 23.2 Å². The van der Waals surface area contributed by atoms with Gasteiger partial charge in [-0.05, 0) is 24.6 Å². The minimum Gasteiger partial charge on any atom is -0.340 e. The van der Waals surface area contributed by atoms with Crippen LogP contribution in [-0.4, -0.2) is 34.4 Å². The molecule has 7 heteroatoms. The van der Waals surface area contributed by atoms with Gasteiger partial charge in [0, 0.05) is 19.8 Å². The number of carbonyl (C=O) groups excluding carboxylic acids is 1. The predicted octanol–water partition coefficient (Wildman–Crippen LogP) is 3.37. The summed E-state index contributed by atoms with van der Waals surface area (Å²) in [4.78, 5) is 21.7. The van der Waals surface area contributed by atoms with Crippen LogP contribution in [0.15, 0.2) is 30.5 Å². The summed E-state index contributed by atoms with van der Waals surface area (Å²) in [6.07, 6.45) is 3.23. The molecular formula is C16H18F2N4O. The summed E-state index contributed by atoms with van der Waals surface area (Å²) in [6, 6.07) is 4.98. The molecule has 0 bridgehead atoms. The number of nitrogens with one attached hydrogen (secondary N) is 1. The number of rotatable bonds is 6. The normalized spacial score (nSPS) is 10.4. The van der Waals surface area contributed by atoms with Crippen molar-refractivity contribution in [1.29, 1.82) is 0 Å². The number of aromatic nitrogens is 2. The van der Waals surface area contributed by atoms with Gasteiger partial charge in [-0.2, -0.15) is 0 Å². The first kappa shape index (κ1) is 16.8. The number of anilines is 2. The Bertz CT molecular complexity index is 673. The predicted molar refractivity (Wildman–Crippen MR) is 83.5 cm³/mol. The molecule has 1 N–H and O–H groups in total. The maximum absolute atomic E-state index is 13.6. The van der Waals surface area contributed by atoms with E-state index < -0.39 is 11.6 Å². The van der Waals surface area contributed by atoms with Gasteiger partial charge in [0.1, 0.15) is 23.0 Å². The molecule has 122 valence electrons. The number of carbonyl (C=O) groups is 1. The quantitative estimate of drug-likeness (QED) is 0.886. The van der Waals surface area contributed by atoms with Gasteiger partial charge >= 0.3 is 0 Å². The molecular weight excluding hydrogens is 302 g/mol. The van der Waals surface area contributed by atoms with E-state index in [0.717, 1.165) is 25.0 Å². The van der Waals surface area contributed by atoms with Crippen molar-refractivity contribution >= 4 is 17.5 Å². The number of nitrogens with zero attached hydrogens (tertiary/aromatic N) is 3. The molecule has 0 aliphatic carbocycles. The minimum atomic E-state index is -0.759. The Labute approximate surface area is 133 Å². The van der Waals surface area contributed by atoms with Crippen LogP contribution in [0.25, 0.3) is 0 Å². The standard InChI is InChI=1S/C16H18F2N4O/c1-3-4-10-22(2)15(23)13-8-9-19-16(20-13)21-14-11(17)6-5-7-12(14)18/h5-9H,3-4,10H2,1-2H3,(H,19,20,21). The van der Waals surface area contributed by atoms with Gasteiger partial charge in [0.25, 0.3) is 5.91 Å². The van der Waals surface area contributed by atoms with Gasteiger partial charge in [-0.1, -0.05) is 19.4 Å². The Kier molecular flexibility index (Phi) is 5.56. The summed E-state index contributed by atoms with van der Waals surface area (Å²) >= 11 is 0. The van der Waals surface area contributed by atoms with Crippen molar-refractivity contribution in [2.75, 3.05) is 18.9 Å². The van der Waals surface area contributed by atoms with E-state index in [4.69, 9.17) is 0 Å². The molecule has 0 unspecified atom stereocenters. The zero-order valence-corrected chi connectivity index (χ0v) is 13.0. The summed E-state index contributed by atoms with van der Waals surface area (Å²) in [5.74, 6) is -1.82. The van der Waals surface area contributed by atoms with Gasteiger partial charge in [-0.25, -0.2) is 18.7 Å². The lowest BCUT2D eigenvalue weighted by atomic mass is 10.3. The Balaban J connectivity index is 2.18. The second-order valence-electron chi connectivity index (χ2n) is 5.07. The number of amides is 1. The van der Waals surface area contributed by atoms with E-state index in [1.807, 2.05) is 6.92 Å². The lowest BCUT2D eigenvalue weighted by Crippen LogP contribution is -2.28. The van der Waals surface area contributed by atoms with E-state index in [1.54, 1.807) is 11.9 Å². The highest BCUT2D eigenvalue weighted by Crippen LogP contribution is 2.21. The highest BCUT2D eigenvalue weighted by atomic mass is 19.1. The van der Waals surface area contributed by atoms with Gasteiger partial charge < -0.3 is 10.2 Å². The lowest BCUT2D eigenvalue weighted by molar-refractivity contribution is 0.0787. The van der Waals surface area contributed by atoms with E-state index in [1.165, 1.54) is 18.3 Å². The van der Waals surface area contributed by atoms with E-state index >= 15 is 0 Å². The molecule has 23 heavy (non-hydrogen) atoms. The van der Waals surface area contributed by atoms with Crippen LogP contribution in [0.2, 0.25) is 0 Å². The van der Waals surface area contributed by atoms with Crippen molar-refractivity contribution < 1.29 is 13.6 Å². The van der Waals surface area contributed by atoms with Crippen molar-refractivity contribution in [2.24, 2.45) is 0 Å². The fourth-order valence-corrected chi connectivity index (χ4v) is 1.96. The van der Waals surface area contributed by atoms with Gasteiger partial charge in [-0.15, -0.1) is 0 Å². The lowest BCUT2D eigenvalue weighted by Gasteiger charge is -2.16. The number of unbranched alkanes of at least 4 members (excludes halogenated alkanes) is 1. The third-order valence-electron chi connectivity index (χ3n) is 3.27. The largest absolute Gasteiger partial charge is 0.340 e. The smallest absolute Gasteiger partial charge is 0.272 e. The molecule has 0 saturated carbocycles. The van der Waals surface area contributed by atoms with Crippen molar-refractivity contribution in [1.82, 2.24) is 14.9 Å². The molecule has 0 spiro atoms. The molecule has 0 aliphatic rings. The first-order chi connectivity index (χ1) is 11.0. The molecule has 0 atom stereocenters. The van der Waals surface area contributed by atoms with Crippen LogP contribution in [0.4, 0.5) is 20.4 Å². The molecule has 1 amide bonds. The van der Waals surface area contributed by atoms with Crippen molar-refractivity contribution in [3.63, 3.8) is 0 Å². The molecule has 2 rings (SSSR count). The molecule has 1 aromatic carbocycles. The van der Waals surface area contributed by atoms with Crippen LogP contribution in [0, 0.1) is 11.6 Å². The molecule has 1 heterocycles. The van der Waals surface area contributed by atoms with Crippen LogP contribution < -0.4 is 5.32 Å². The number of benzene rings is 1. The zero-order chi connectivity index (χ0) is 16.8. The summed E-state index contributed by atoms with van der Waals surface area (Å²) in [5, 5.41) is 2.47. The Hall–Kier alpha value is -2.57. The Morgan fingerprint density at radius 2 is 1.96 bits per heavy atom. The first-order valence-electron chi connectivity index (χ1n) is 7.32. The second kappa shape index (κ2) is 7.62. The molecule has 0 radical (unpaired) electrons. The number of halogens is 2. The summed E-state index contributed by atoms with van der Waals surface area (Å²) in [5.41, 5.74) is -0.186. The second-order valence-corrected chi connectivity index (χ2v) is 5.07. The third kappa shape index (κ3) is 4.21. The van der Waals surface area contributed by atoms with Gasteiger partial charge in [0.2, 0.25) is 5.95 Å². The molecule has 0 saturated heterocycles. The molecule has 2 aromatic rings. The summed E-state index contributed by atoms with van der Waals surface area (Å²) < 4.78 is 27.3. The van der Waals surface area contributed by atoms with Crippen LogP contribution in [0.5, 0.6) is 0 Å². The highest BCUT2D eigenvalue weighted by molar-refractivity contribution is 5.92. The van der Waals surface area contributed by atoms with Gasteiger partial charge in [0.15, 0.2) is 0 Å². The van der Waals surface area contributed by atoms with Gasteiger partial charge in [0.05, 0.1) is 0 Å². The monoisotopic (exact) mass is 320 g/mol. The van der Waals surface area contributed by atoms with Crippen LogP contribution in [0.1, 0.15) is 30.3 Å². The third-order valence-corrected chi connectivity index (χ3v) is 3.27. The van der Waals surface area contributed by atoms with E-state index in [9.17, 15) is 13.6 Å². The fraction of sp³-hybridized carbons (Fsp3) is 0.312.